The van der Waals surface area contributed by atoms with Crippen LogP contribution in [0.4, 0.5) is 4.79 Å². The second-order valence-electron chi connectivity index (χ2n) is 12.3. The van der Waals surface area contributed by atoms with E-state index in [9.17, 15) is 19.2 Å². The summed E-state index contributed by atoms with van der Waals surface area (Å²) < 4.78 is 5.25. The largest absolute Gasteiger partial charge is 0.444 e. The van der Waals surface area contributed by atoms with Crippen molar-refractivity contribution in [2.45, 2.75) is 90.0 Å². The van der Waals surface area contributed by atoms with Gasteiger partial charge in [-0.25, -0.2) is 4.79 Å². The molecular weight excluding hydrogens is 552 g/mol. The lowest BCUT2D eigenvalue weighted by Crippen LogP contribution is -2.61. The van der Waals surface area contributed by atoms with Crippen LogP contribution >= 0.6 is 11.8 Å². The smallest absolute Gasteiger partial charge is 0.408 e. The molecule has 1 fully saturated rings. The van der Waals surface area contributed by atoms with E-state index in [-0.39, 0.29) is 17.7 Å². The first-order valence-corrected chi connectivity index (χ1v) is 15.3. The fourth-order valence-electron chi connectivity index (χ4n) is 4.79. The molecule has 0 bridgehead atoms. The molecule has 228 valence electrons. The first-order chi connectivity index (χ1) is 19.6. The molecule has 1 saturated heterocycles. The first-order valence-electron chi connectivity index (χ1n) is 14.3. The molecule has 0 unspecified atom stereocenters. The average molecular weight is 597 g/mol. The molecule has 0 aliphatic carbocycles. The Morgan fingerprint density at radius 2 is 1.40 bits per heavy atom. The standard InChI is InChI=1S/C32H44N4O5S/c1-20(2)25(34-27(37)21(3)33-30(40)41-31(4,5)6)29(39)36-24(19-42-32(36,7)8)28(38)35-26(22-15-11-9-12-16-22)23-17-13-10-14-18-23/h9-18,20-21,24-26H,19H2,1-8H3,(H,33,40)(H,34,37)(H,35,38)/t21-,24-,25-/m0/s1. The number of ether oxygens (including phenoxy) is 1. The summed E-state index contributed by atoms with van der Waals surface area (Å²) in [6.07, 6.45) is -0.724. The van der Waals surface area contributed by atoms with Crippen LogP contribution in [0.1, 0.15) is 72.6 Å². The van der Waals surface area contributed by atoms with E-state index >= 15 is 0 Å². The van der Waals surface area contributed by atoms with Crippen LogP contribution < -0.4 is 16.0 Å². The highest BCUT2D eigenvalue weighted by atomic mass is 32.2. The lowest BCUT2D eigenvalue weighted by Gasteiger charge is -2.38. The summed E-state index contributed by atoms with van der Waals surface area (Å²) >= 11 is 1.52. The normalized spacial score (nSPS) is 17.9. The number of amides is 4. The van der Waals surface area contributed by atoms with E-state index in [0.717, 1.165) is 11.1 Å². The van der Waals surface area contributed by atoms with Crippen molar-refractivity contribution in [3.05, 3.63) is 71.8 Å². The van der Waals surface area contributed by atoms with Gasteiger partial charge >= 0.3 is 6.09 Å². The Bertz CT molecular complexity index is 1210. The summed E-state index contributed by atoms with van der Waals surface area (Å²) in [5.41, 5.74) is 1.14. The molecular formula is C32H44N4O5S. The quantitative estimate of drug-likeness (QED) is 0.389. The number of hydrogen-bond donors (Lipinski definition) is 3. The maximum Gasteiger partial charge on any atom is 0.408 e. The van der Waals surface area contributed by atoms with E-state index in [2.05, 4.69) is 16.0 Å². The molecule has 3 atom stereocenters. The molecule has 0 aromatic heterocycles. The Morgan fingerprint density at radius 3 is 1.88 bits per heavy atom. The number of hydrogen-bond acceptors (Lipinski definition) is 6. The van der Waals surface area contributed by atoms with Crippen LogP contribution in [-0.4, -0.2) is 63.1 Å². The zero-order valence-electron chi connectivity index (χ0n) is 25.8. The summed E-state index contributed by atoms with van der Waals surface area (Å²) in [6, 6.07) is 16.4. The van der Waals surface area contributed by atoms with Crippen LogP contribution in [-0.2, 0) is 19.1 Å². The first kappa shape index (κ1) is 33.0. The van der Waals surface area contributed by atoms with Crippen molar-refractivity contribution in [1.29, 1.82) is 0 Å². The van der Waals surface area contributed by atoms with Gasteiger partial charge in [0.1, 0.15) is 23.7 Å². The van der Waals surface area contributed by atoms with Crippen molar-refractivity contribution in [2.24, 2.45) is 5.92 Å². The Balaban J connectivity index is 1.81. The molecule has 1 aliphatic rings. The molecule has 1 heterocycles. The predicted molar refractivity (Wildman–Crippen MR) is 166 cm³/mol. The lowest BCUT2D eigenvalue weighted by atomic mass is 9.97. The second kappa shape index (κ2) is 13.6. The Labute approximate surface area is 253 Å². The van der Waals surface area contributed by atoms with Gasteiger partial charge < -0.3 is 25.6 Å². The third-order valence-electron chi connectivity index (χ3n) is 6.94. The SMILES string of the molecule is CC(C)[C@H](NC(=O)[C@H](C)NC(=O)OC(C)(C)C)C(=O)N1[C@H](C(=O)NC(c2ccccc2)c2ccccc2)CSC1(C)C. The van der Waals surface area contributed by atoms with Gasteiger partial charge in [0.05, 0.1) is 10.9 Å². The van der Waals surface area contributed by atoms with Crippen molar-refractivity contribution >= 4 is 35.6 Å². The number of nitrogens with one attached hydrogen (secondary N) is 3. The minimum Gasteiger partial charge on any atom is -0.444 e. The number of carbonyl (C=O) groups excluding carboxylic acids is 4. The zero-order chi connectivity index (χ0) is 31.2. The molecule has 0 radical (unpaired) electrons. The topological polar surface area (TPSA) is 117 Å². The summed E-state index contributed by atoms with van der Waals surface area (Å²) in [4.78, 5) is 54.2. The molecule has 1 aliphatic heterocycles. The third kappa shape index (κ3) is 8.50. The maximum absolute atomic E-state index is 14.1. The van der Waals surface area contributed by atoms with Crippen LogP contribution in [0.2, 0.25) is 0 Å². The molecule has 2 aromatic rings. The van der Waals surface area contributed by atoms with Crippen molar-refractivity contribution in [2.75, 3.05) is 5.75 Å². The lowest BCUT2D eigenvalue weighted by molar-refractivity contribution is -0.146. The minimum atomic E-state index is -0.938. The second-order valence-corrected chi connectivity index (χ2v) is 14.0. The zero-order valence-corrected chi connectivity index (χ0v) is 26.6. The summed E-state index contributed by atoms with van der Waals surface area (Å²) in [7, 11) is 0. The Hall–Kier alpha value is -3.53. The molecule has 42 heavy (non-hydrogen) atoms. The molecule has 10 heteroatoms. The minimum absolute atomic E-state index is 0.270. The van der Waals surface area contributed by atoms with Gasteiger partial charge in [-0.1, -0.05) is 74.5 Å². The van der Waals surface area contributed by atoms with E-state index in [1.54, 1.807) is 25.7 Å². The Morgan fingerprint density at radius 1 is 0.881 bits per heavy atom. The van der Waals surface area contributed by atoms with E-state index in [1.165, 1.54) is 18.7 Å². The van der Waals surface area contributed by atoms with E-state index < -0.39 is 46.6 Å². The molecule has 0 saturated carbocycles. The fraction of sp³-hybridized carbons (Fsp3) is 0.500. The number of nitrogens with zero attached hydrogens (tertiary/aromatic N) is 1. The molecule has 3 rings (SSSR count). The molecule has 0 spiro atoms. The number of carbonyl (C=O) groups is 4. The number of alkyl carbamates (subject to hydrolysis) is 1. The van der Waals surface area contributed by atoms with Gasteiger partial charge in [0, 0.05) is 5.75 Å². The molecule has 9 nitrogen and oxygen atoms in total. The van der Waals surface area contributed by atoms with Crippen LogP contribution in [0.25, 0.3) is 0 Å². The number of benzene rings is 2. The Kier molecular flexibility index (Phi) is 10.7. The summed E-state index contributed by atoms with van der Waals surface area (Å²) in [6.45, 7) is 14.2. The van der Waals surface area contributed by atoms with Gasteiger partial charge in [0.25, 0.3) is 0 Å². The summed E-state index contributed by atoms with van der Waals surface area (Å²) in [5, 5.41) is 8.51. The van der Waals surface area contributed by atoms with Gasteiger partial charge in [0.15, 0.2) is 0 Å². The van der Waals surface area contributed by atoms with E-state index in [1.807, 2.05) is 88.4 Å². The van der Waals surface area contributed by atoms with Gasteiger partial charge in [-0.3, -0.25) is 14.4 Å². The van der Waals surface area contributed by atoms with Crippen LogP contribution in [0.5, 0.6) is 0 Å². The van der Waals surface area contributed by atoms with Crippen molar-refractivity contribution < 1.29 is 23.9 Å². The molecule has 4 amide bonds. The van der Waals surface area contributed by atoms with Crippen molar-refractivity contribution in [3.63, 3.8) is 0 Å². The van der Waals surface area contributed by atoms with Gasteiger partial charge in [-0.15, -0.1) is 11.8 Å². The van der Waals surface area contributed by atoms with Crippen LogP contribution in [0, 0.1) is 5.92 Å². The van der Waals surface area contributed by atoms with Crippen molar-refractivity contribution in [1.82, 2.24) is 20.9 Å². The predicted octanol–water partition coefficient (Wildman–Crippen LogP) is 4.63. The molecule has 2 aromatic carbocycles. The monoisotopic (exact) mass is 596 g/mol. The fourth-order valence-corrected chi connectivity index (χ4v) is 6.02. The van der Waals surface area contributed by atoms with Crippen molar-refractivity contribution in [3.8, 4) is 0 Å². The average Bonchev–Trinajstić information content (AvgIpc) is 3.24. The van der Waals surface area contributed by atoms with Gasteiger partial charge in [-0.05, 0) is 58.6 Å². The van der Waals surface area contributed by atoms with E-state index in [0.29, 0.717) is 5.75 Å². The van der Waals surface area contributed by atoms with Crippen LogP contribution in [0.15, 0.2) is 60.7 Å². The highest BCUT2D eigenvalue weighted by Crippen LogP contribution is 2.40. The highest BCUT2D eigenvalue weighted by molar-refractivity contribution is 8.00. The highest BCUT2D eigenvalue weighted by Gasteiger charge is 2.49. The van der Waals surface area contributed by atoms with Gasteiger partial charge in [-0.2, -0.15) is 0 Å². The van der Waals surface area contributed by atoms with Crippen LogP contribution in [0.3, 0.4) is 0 Å². The third-order valence-corrected chi connectivity index (χ3v) is 8.32. The maximum atomic E-state index is 14.1. The summed E-state index contributed by atoms with van der Waals surface area (Å²) in [5.74, 6) is -1.01. The number of thioether (sulfide) groups is 1. The van der Waals surface area contributed by atoms with Gasteiger partial charge in [0.2, 0.25) is 17.7 Å². The van der Waals surface area contributed by atoms with E-state index in [4.69, 9.17) is 4.74 Å². The number of rotatable bonds is 9. The molecule has 3 N–H and O–H groups in total.